The molecule has 0 amide bonds. The van der Waals surface area contributed by atoms with Gasteiger partial charge in [0.1, 0.15) is 5.75 Å². The van der Waals surface area contributed by atoms with Crippen LogP contribution in [0.4, 0.5) is 0 Å². The van der Waals surface area contributed by atoms with Gasteiger partial charge in [0.2, 0.25) is 0 Å². The molecule has 1 aromatic carbocycles. The van der Waals surface area contributed by atoms with Crippen molar-refractivity contribution in [1.82, 2.24) is 0 Å². The molecule has 0 unspecified atom stereocenters. The third-order valence-corrected chi connectivity index (χ3v) is 6.50. The Morgan fingerprint density at radius 2 is 1.72 bits per heavy atom. The van der Waals surface area contributed by atoms with Crippen LogP contribution in [0, 0.1) is 10.8 Å². The van der Waals surface area contributed by atoms with E-state index in [0.717, 1.165) is 18.4 Å². The lowest BCUT2D eigenvalue weighted by atomic mass is 9.84. The van der Waals surface area contributed by atoms with Crippen LogP contribution in [0.5, 0.6) is 5.75 Å². The number of hydrogen-bond acceptors (Lipinski definition) is 1. The maximum absolute atomic E-state index is 10.1. The molecule has 1 aromatic rings. The van der Waals surface area contributed by atoms with Crippen molar-refractivity contribution < 1.29 is 5.11 Å². The number of phenols is 1. The number of aromatic hydroxyl groups is 1. The second kappa shape index (κ2) is 9.10. The minimum atomic E-state index is 0.486. The monoisotopic (exact) mass is 344 g/mol. The van der Waals surface area contributed by atoms with Gasteiger partial charge in [-0.15, -0.1) is 0 Å². The highest BCUT2D eigenvalue weighted by Gasteiger charge is 2.35. The van der Waals surface area contributed by atoms with E-state index in [2.05, 4.69) is 39.8 Å². The SMILES string of the molecule is CCC(C)(C)CCCCCc1cc(CCCCC2(C)CC2)ccc1O. The molecule has 0 saturated heterocycles. The molecule has 1 aliphatic rings. The van der Waals surface area contributed by atoms with E-state index in [4.69, 9.17) is 0 Å². The Kier molecular flexibility index (Phi) is 7.40. The van der Waals surface area contributed by atoms with Crippen LogP contribution >= 0.6 is 0 Å². The first kappa shape index (κ1) is 20.3. The molecule has 142 valence electrons. The van der Waals surface area contributed by atoms with Crippen molar-refractivity contribution in [3.05, 3.63) is 29.3 Å². The summed E-state index contributed by atoms with van der Waals surface area (Å²) < 4.78 is 0. The molecule has 1 fully saturated rings. The van der Waals surface area contributed by atoms with Crippen LogP contribution in [-0.4, -0.2) is 5.11 Å². The van der Waals surface area contributed by atoms with Crippen molar-refractivity contribution >= 4 is 0 Å². The Balaban J connectivity index is 1.69. The summed E-state index contributed by atoms with van der Waals surface area (Å²) >= 11 is 0. The Bertz CT molecular complexity index is 525. The van der Waals surface area contributed by atoms with E-state index in [0.29, 0.717) is 16.6 Å². The van der Waals surface area contributed by atoms with Gasteiger partial charge >= 0.3 is 0 Å². The Morgan fingerprint density at radius 1 is 1.00 bits per heavy atom. The number of benzene rings is 1. The molecular weight excluding hydrogens is 304 g/mol. The molecule has 2 rings (SSSR count). The molecule has 25 heavy (non-hydrogen) atoms. The Labute approximate surface area is 156 Å². The molecule has 0 aliphatic heterocycles. The molecular formula is C24H40O. The van der Waals surface area contributed by atoms with E-state index in [-0.39, 0.29) is 0 Å². The number of rotatable bonds is 12. The molecule has 0 spiro atoms. The van der Waals surface area contributed by atoms with Gasteiger partial charge in [-0.05, 0) is 79.4 Å². The number of hydrogen-bond donors (Lipinski definition) is 1. The molecule has 1 aliphatic carbocycles. The zero-order valence-electron chi connectivity index (χ0n) is 17.2. The number of unbranched alkanes of at least 4 members (excludes halogenated alkanes) is 3. The van der Waals surface area contributed by atoms with Crippen LogP contribution in [0.25, 0.3) is 0 Å². The normalized spacial score (nSPS) is 16.2. The number of phenolic OH excluding ortho intramolecular Hbond substituents is 1. The van der Waals surface area contributed by atoms with Gasteiger partial charge in [-0.2, -0.15) is 0 Å². The van der Waals surface area contributed by atoms with Gasteiger partial charge in [-0.1, -0.05) is 65.5 Å². The van der Waals surface area contributed by atoms with Gasteiger partial charge in [0, 0.05) is 0 Å². The smallest absolute Gasteiger partial charge is 0.118 e. The van der Waals surface area contributed by atoms with Crippen molar-refractivity contribution in [1.29, 1.82) is 0 Å². The van der Waals surface area contributed by atoms with Crippen LogP contribution in [0.1, 0.15) is 103 Å². The summed E-state index contributed by atoms with van der Waals surface area (Å²) in [6.07, 6.45) is 15.4. The summed E-state index contributed by atoms with van der Waals surface area (Å²) in [6, 6.07) is 6.28. The summed E-state index contributed by atoms with van der Waals surface area (Å²) in [6.45, 7) is 9.44. The molecule has 1 saturated carbocycles. The summed E-state index contributed by atoms with van der Waals surface area (Å²) in [5.41, 5.74) is 3.73. The predicted octanol–water partition coefficient (Wildman–Crippen LogP) is 7.44. The van der Waals surface area contributed by atoms with E-state index in [1.807, 2.05) is 6.07 Å². The van der Waals surface area contributed by atoms with Crippen LogP contribution < -0.4 is 0 Å². The van der Waals surface area contributed by atoms with Crippen molar-refractivity contribution in [2.24, 2.45) is 10.8 Å². The molecule has 1 N–H and O–H groups in total. The third kappa shape index (κ3) is 7.42. The van der Waals surface area contributed by atoms with E-state index in [1.54, 1.807) is 0 Å². The first-order valence-electron chi connectivity index (χ1n) is 10.6. The highest BCUT2D eigenvalue weighted by molar-refractivity contribution is 5.36. The van der Waals surface area contributed by atoms with Crippen LogP contribution in [0.15, 0.2) is 18.2 Å². The predicted molar refractivity (Wildman–Crippen MR) is 109 cm³/mol. The van der Waals surface area contributed by atoms with Crippen LogP contribution in [-0.2, 0) is 12.8 Å². The lowest BCUT2D eigenvalue weighted by Crippen LogP contribution is -2.08. The first-order valence-corrected chi connectivity index (χ1v) is 10.6. The third-order valence-electron chi connectivity index (χ3n) is 6.50. The first-order chi connectivity index (χ1) is 11.8. The van der Waals surface area contributed by atoms with Crippen molar-refractivity contribution in [2.75, 3.05) is 0 Å². The van der Waals surface area contributed by atoms with Crippen LogP contribution in [0.2, 0.25) is 0 Å². The fourth-order valence-corrected chi connectivity index (χ4v) is 3.61. The van der Waals surface area contributed by atoms with E-state index in [1.165, 1.54) is 69.8 Å². The summed E-state index contributed by atoms with van der Waals surface area (Å²) in [7, 11) is 0. The zero-order chi connectivity index (χ0) is 18.3. The van der Waals surface area contributed by atoms with E-state index in [9.17, 15) is 5.11 Å². The Hall–Kier alpha value is -0.980. The second-order valence-corrected chi connectivity index (χ2v) is 9.56. The van der Waals surface area contributed by atoms with Gasteiger partial charge in [0.15, 0.2) is 0 Å². The molecule has 0 heterocycles. The van der Waals surface area contributed by atoms with E-state index < -0.39 is 0 Å². The molecule has 0 radical (unpaired) electrons. The summed E-state index contributed by atoms with van der Waals surface area (Å²) in [5.74, 6) is 0.489. The molecule has 1 heteroatoms. The van der Waals surface area contributed by atoms with Crippen molar-refractivity contribution in [2.45, 2.75) is 105 Å². The van der Waals surface area contributed by atoms with Gasteiger partial charge in [-0.25, -0.2) is 0 Å². The average molecular weight is 345 g/mol. The fraction of sp³-hybridized carbons (Fsp3) is 0.750. The number of aryl methyl sites for hydroxylation is 2. The minimum Gasteiger partial charge on any atom is -0.508 e. The summed E-state index contributed by atoms with van der Waals surface area (Å²) in [5, 5.41) is 10.1. The van der Waals surface area contributed by atoms with Gasteiger partial charge in [-0.3, -0.25) is 0 Å². The van der Waals surface area contributed by atoms with Gasteiger partial charge in [0.05, 0.1) is 0 Å². The Morgan fingerprint density at radius 3 is 2.40 bits per heavy atom. The minimum absolute atomic E-state index is 0.486. The van der Waals surface area contributed by atoms with Gasteiger partial charge in [0.25, 0.3) is 0 Å². The second-order valence-electron chi connectivity index (χ2n) is 9.56. The maximum Gasteiger partial charge on any atom is 0.118 e. The molecule has 0 bridgehead atoms. The van der Waals surface area contributed by atoms with Crippen molar-refractivity contribution in [3.8, 4) is 5.75 Å². The zero-order valence-corrected chi connectivity index (χ0v) is 17.2. The van der Waals surface area contributed by atoms with Crippen molar-refractivity contribution in [3.63, 3.8) is 0 Å². The lowest BCUT2D eigenvalue weighted by Gasteiger charge is -2.22. The van der Waals surface area contributed by atoms with Crippen LogP contribution in [0.3, 0.4) is 0 Å². The average Bonchev–Trinajstić information content (AvgIpc) is 3.31. The molecule has 1 nitrogen and oxygen atoms in total. The molecule has 0 atom stereocenters. The molecule has 0 aromatic heterocycles. The highest BCUT2D eigenvalue weighted by Crippen LogP contribution is 2.49. The standard InChI is InChI=1S/C24H40O/c1-5-23(2,3)15-9-6-7-12-21-19-20(13-14-22(21)25)11-8-10-16-24(4)17-18-24/h13-14,19,25H,5-12,15-18H2,1-4H3. The quantitative estimate of drug-likeness (QED) is 0.390. The van der Waals surface area contributed by atoms with E-state index >= 15 is 0 Å². The maximum atomic E-state index is 10.1. The van der Waals surface area contributed by atoms with Gasteiger partial charge < -0.3 is 5.11 Å². The fourth-order valence-electron chi connectivity index (χ4n) is 3.61. The topological polar surface area (TPSA) is 20.2 Å². The lowest BCUT2D eigenvalue weighted by molar-refractivity contribution is 0.308. The summed E-state index contributed by atoms with van der Waals surface area (Å²) in [4.78, 5) is 0. The largest absolute Gasteiger partial charge is 0.508 e. The highest BCUT2D eigenvalue weighted by atomic mass is 16.3.